The Morgan fingerprint density at radius 3 is 2.25 bits per heavy atom. The van der Waals surface area contributed by atoms with E-state index in [1.165, 1.54) is 21.7 Å². The Morgan fingerprint density at radius 1 is 0.625 bits per heavy atom. The minimum atomic E-state index is -0.234. The van der Waals surface area contributed by atoms with Crippen molar-refractivity contribution in [3.63, 3.8) is 0 Å². The molecule has 0 fully saturated rings. The largest absolute Gasteiger partial charge is 0.507 e. The molecule has 0 aliphatic carbocycles. The average Bonchev–Trinajstić information content (AvgIpc) is 3.81. The van der Waals surface area contributed by atoms with Gasteiger partial charge >= 0.3 is 0 Å². The van der Waals surface area contributed by atoms with Crippen LogP contribution in [0.25, 0.3) is 97.8 Å². The molecule has 272 valence electrons. The van der Waals surface area contributed by atoms with E-state index in [4.69, 9.17) is 14.4 Å². The fraction of sp³-hybridized carbons (Fsp3) is 0.137. The van der Waals surface area contributed by atoms with Crippen LogP contribution < -0.4 is 0 Å². The Morgan fingerprint density at radius 2 is 1.43 bits per heavy atom. The number of aromatic nitrogens is 2. The lowest BCUT2D eigenvalue weighted by molar-refractivity contribution is 0.448. The number of pyridine rings is 1. The number of nitrogens with zero attached hydrogens (tertiary/aromatic N) is 2. The molecule has 0 atom stereocenters. The molecule has 7 aromatic carbocycles. The van der Waals surface area contributed by atoms with E-state index in [0.717, 1.165) is 87.2 Å². The molecule has 4 nitrogen and oxygen atoms in total. The van der Waals surface area contributed by atoms with Crippen LogP contribution in [0.5, 0.6) is 5.75 Å². The summed E-state index contributed by atoms with van der Waals surface area (Å²) in [7, 11) is 0. The molecule has 56 heavy (non-hydrogen) atoms. The molecule has 5 heteroatoms. The standard InChI is InChI=1S/C51H40N2O2S/c1-29(2)34-22-42(48(54)43(25-34)51(3,4)5)50-53-47-37(16-11-17-46(47)56-50)40-23-35(44-26-32(20-21-52-44)30-12-7-6-8-13-30)24-41-39-28-38-33(27-45(39)55-49(40)41)19-18-31-14-9-10-15-36(31)38/h6-29,54H,1-5H3. The Hall–Kier alpha value is -6.30. The van der Waals surface area contributed by atoms with E-state index in [0.29, 0.717) is 11.7 Å². The van der Waals surface area contributed by atoms with Crippen LogP contribution in [0.4, 0.5) is 0 Å². The zero-order valence-corrected chi connectivity index (χ0v) is 32.8. The number of thiazole rings is 1. The maximum absolute atomic E-state index is 11.8. The highest BCUT2D eigenvalue weighted by Crippen LogP contribution is 2.47. The van der Waals surface area contributed by atoms with Crippen molar-refractivity contribution in [2.45, 2.75) is 46.0 Å². The maximum atomic E-state index is 11.8. The highest BCUT2D eigenvalue weighted by molar-refractivity contribution is 7.21. The lowest BCUT2D eigenvalue weighted by Gasteiger charge is -2.23. The minimum Gasteiger partial charge on any atom is -0.507 e. The van der Waals surface area contributed by atoms with Crippen molar-refractivity contribution >= 4 is 65.0 Å². The Kier molecular flexibility index (Phi) is 7.88. The molecule has 0 saturated carbocycles. The molecule has 10 aromatic rings. The third-order valence-corrected chi connectivity index (χ3v) is 12.2. The normalized spacial score (nSPS) is 12.2. The van der Waals surface area contributed by atoms with E-state index in [9.17, 15) is 5.11 Å². The van der Waals surface area contributed by atoms with Gasteiger partial charge in [-0.1, -0.05) is 120 Å². The van der Waals surface area contributed by atoms with Crippen LogP contribution in [0.2, 0.25) is 0 Å². The molecular weight excluding hydrogens is 705 g/mol. The first-order valence-corrected chi connectivity index (χ1v) is 20.0. The van der Waals surface area contributed by atoms with Gasteiger partial charge in [0, 0.05) is 39.2 Å². The second-order valence-corrected chi connectivity index (χ2v) is 17.2. The molecule has 0 spiro atoms. The van der Waals surface area contributed by atoms with Gasteiger partial charge in [0.15, 0.2) is 0 Å². The first-order chi connectivity index (χ1) is 27.1. The van der Waals surface area contributed by atoms with Crippen LogP contribution in [0.3, 0.4) is 0 Å². The summed E-state index contributed by atoms with van der Waals surface area (Å²) in [5.41, 5.74) is 11.2. The molecule has 1 N–H and O–H groups in total. The number of phenolic OH excluding ortho intramolecular Hbond substituents is 1. The number of aromatic hydroxyl groups is 1. The molecule has 0 radical (unpaired) electrons. The van der Waals surface area contributed by atoms with Gasteiger partial charge in [0.05, 0.1) is 21.5 Å². The van der Waals surface area contributed by atoms with Gasteiger partial charge in [-0.25, -0.2) is 4.98 Å². The molecule has 0 amide bonds. The summed E-state index contributed by atoms with van der Waals surface area (Å²) in [6.07, 6.45) is 1.89. The van der Waals surface area contributed by atoms with Crippen LogP contribution >= 0.6 is 11.3 Å². The lowest BCUT2D eigenvalue weighted by atomic mass is 9.82. The zero-order valence-electron chi connectivity index (χ0n) is 32.0. The number of para-hydroxylation sites is 1. The SMILES string of the molecule is CC(C)c1cc(-c2nc3c(-c4cc(-c5cc(-c6ccccc6)ccn5)cc5c4oc4cc6ccc7ccccc7c6cc45)cccc3s2)c(O)c(C(C)(C)C)c1. The summed E-state index contributed by atoms with van der Waals surface area (Å²) in [5, 5.41) is 19.4. The lowest BCUT2D eigenvalue weighted by Crippen LogP contribution is -2.12. The Balaban J connectivity index is 1.24. The van der Waals surface area contributed by atoms with E-state index in [-0.39, 0.29) is 5.41 Å². The van der Waals surface area contributed by atoms with Gasteiger partial charge in [-0.15, -0.1) is 11.3 Å². The molecule has 0 unspecified atom stereocenters. The molecule has 0 aliphatic rings. The van der Waals surface area contributed by atoms with Gasteiger partial charge in [-0.3, -0.25) is 4.98 Å². The van der Waals surface area contributed by atoms with Gasteiger partial charge in [0.1, 0.15) is 21.9 Å². The van der Waals surface area contributed by atoms with Crippen LogP contribution in [-0.4, -0.2) is 15.1 Å². The summed E-state index contributed by atoms with van der Waals surface area (Å²) in [6, 6.07) is 47.1. The second kappa shape index (κ2) is 12.9. The number of fused-ring (bicyclic) bond motifs is 7. The average molecular weight is 745 g/mol. The third-order valence-electron chi connectivity index (χ3n) is 11.1. The van der Waals surface area contributed by atoms with E-state index in [1.807, 2.05) is 12.3 Å². The minimum absolute atomic E-state index is 0.234. The summed E-state index contributed by atoms with van der Waals surface area (Å²) >= 11 is 1.61. The molecule has 0 bridgehead atoms. The van der Waals surface area contributed by atoms with Crippen molar-refractivity contribution < 1.29 is 9.52 Å². The summed E-state index contributed by atoms with van der Waals surface area (Å²) in [5.74, 6) is 0.598. The fourth-order valence-corrected chi connectivity index (χ4v) is 9.14. The number of furan rings is 1. The predicted octanol–water partition coefficient (Wildman–Crippen LogP) is 14.7. The third kappa shape index (κ3) is 5.65. The summed E-state index contributed by atoms with van der Waals surface area (Å²) in [4.78, 5) is 10.3. The molecule has 3 aromatic heterocycles. The number of rotatable bonds is 5. The van der Waals surface area contributed by atoms with Crippen LogP contribution in [0, 0.1) is 0 Å². The fourth-order valence-electron chi connectivity index (χ4n) is 8.13. The van der Waals surface area contributed by atoms with Gasteiger partial charge in [0.2, 0.25) is 0 Å². The van der Waals surface area contributed by atoms with Crippen molar-refractivity contribution in [2.75, 3.05) is 0 Å². The quantitative estimate of drug-likeness (QED) is 0.178. The smallest absolute Gasteiger partial charge is 0.143 e. The van der Waals surface area contributed by atoms with Crippen molar-refractivity contribution in [1.82, 2.24) is 9.97 Å². The summed E-state index contributed by atoms with van der Waals surface area (Å²) in [6.45, 7) is 10.8. The van der Waals surface area contributed by atoms with Crippen LogP contribution in [-0.2, 0) is 5.41 Å². The van der Waals surface area contributed by atoms with E-state index < -0.39 is 0 Å². The molecule has 3 heterocycles. The number of hydrogen-bond donors (Lipinski definition) is 1. The van der Waals surface area contributed by atoms with E-state index in [1.54, 1.807) is 11.3 Å². The Labute approximate surface area is 329 Å². The highest BCUT2D eigenvalue weighted by atomic mass is 32.1. The van der Waals surface area contributed by atoms with Gasteiger partial charge in [-0.2, -0.15) is 0 Å². The van der Waals surface area contributed by atoms with E-state index in [2.05, 4.69) is 162 Å². The topological polar surface area (TPSA) is 59.2 Å². The van der Waals surface area contributed by atoms with Crippen molar-refractivity contribution in [1.29, 1.82) is 0 Å². The highest BCUT2D eigenvalue weighted by Gasteiger charge is 2.25. The monoisotopic (exact) mass is 744 g/mol. The first-order valence-electron chi connectivity index (χ1n) is 19.2. The van der Waals surface area contributed by atoms with Gasteiger partial charge in [0.25, 0.3) is 0 Å². The van der Waals surface area contributed by atoms with Crippen molar-refractivity contribution in [3.8, 4) is 49.8 Å². The summed E-state index contributed by atoms with van der Waals surface area (Å²) < 4.78 is 7.95. The van der Waals surface area contributed by atoms with Gasteiger partial charge < -0.3 is 9.52 Å². The van der Waals surface area contributed by atoms with Crippen LogP contribution in [0.15, 0.2) is 144 Å². The number of benzene rings is 7. The first kappa shape index (κ1) is 34.2. The molecule has 0 aliphatic heterocycles. The van der Waals surface area contributed by atoms with Gasteiger partial charge in [-0.05, 0) is 98.1 Å². The molecule has 10 rings (SSSR count). The molecule has 0 saturated heterocycles. The van der Waals surface area contributed by atoms with E-state index >= 15 is 0 Å². The van der Waals surface area contributed by atoms with Crippen molar-refractivity contribution in [3.05, 3.63) is 151 Å². The predicted molar refractivity (Wildman–Crippen MR) is 236 cm³/mol. The maximum Gasteiger partial charge on any atom is 0.143 e. The number of phenols is 1. The number of hydrogen-bond acceptors (Lipinski definition) is 5. The second-order valence-electron chi connectivity index (χ2n) is 16.2. The Bertz CT molecular complexity index is 3170. The van der Waals surface area contributed by atoms with Crippen molar-refractivity contribution in [2.24, 2.45) is 0 Å². The zero-order chi connectivity index (χ0) is 38.3. The molecular formula is C51H40N2O2S. The van der Waals surface area contributed by atoms with Crippen LogP contribution in [0.1, 0.15) is 51.7 Å².